The number of benzene rings is 2. The van der Waals surface area contributed by atoms with E-state index in [0.29, 0.717) is 4.88 Å². The third-order valence-corrected chi connectivity index (χ3v) is 5.01. The van der Waals surface area contributed by atoms with E-state index in [2.05, 4.69) is 41.7 Å². The van der Waals surface area contributed by atoms with Gasteiger partial charge in [-0.3, -0.25) is 10.0 Å². The van der Waals surface area contributed by atoms with Crippen LogP contribution in [0.1, 0.15) is 27.2 Å². The number of thiophene rings is 1. The Balaban J connectivity index is 1.51. The molecule has 1 heterocycles. The zero-order valence-corrected chi connectivity index (χ0v) is 14.1. The van der Waals surface area contributed by atoms with Gasteiger partial charge in [0.15, 0.2) is 0 Å². The SMILES string of the molecule is O=C(NO)c1cc2cc(CNCCCc3ccccc3)ccc2s1. The Morgan fingerprint density at radius 2 is 1.88 bits per heavy atom. The lowest BCUT2D eigenvalue weighted by atomic mass is 10.1. The molecule has 3 N–H and O–H groups in total. The zero-order chi connectivity index (χ0) is 16.8. The monoisotopic (exact) mass is 340 g/mol. The first-order valence-electron chi connectivity index (χ1n) is 7.98. The number of aryl methyl sites for hydroxylation is 1. The second-order valence-electron chi connectivity index (χ2n) is 5.69. The Morgan fingerprint density at radius 1 is 1.04 bits per heavy atom. The first kappa shape index (κ1) is 16.6. The molecule has 0 aliphatic heterocycles. The van der Waals surface area contributed by atoms with Gasteiger partial charge >= 0.3 is 0 Å². The molecule has 1 aromatic heterocycles. The quantitative estimate of drug-likeness (QED) is 0.349. The van der Waals surface area contributed by atoms with Gasteiger partial charge in [0.05, 0.1) is 4.88 Å². The van der Waals surface area contributed by atoms with Crippen molar-refractivity contribution in [1.29, 1.82) is 0 Å². The van der Waals surface area contributed by atoms with E-state index in [1.807, 2.05) is 18.2 Å². The topological polar surface area (TPSA) is 61.4 Å². The lowest BCUT2D eigenvalue weighted by molar-refractivity contribution is 0.0711. The van der Waals surface area contributed by atoms with Gasteiger partial charge in [-0.2, -0.15) is 0 Å². The van der Waals surface area contributed by atoms with Gasteiger partial charge in [-0.05, 0) is 54.1 Å². The molecule has 0 bridgehead atoms. The molecule has 2 aromatic carbocycles. The van der Waals surface area contributed by atoms with Crippen LogP contribution < -0.4 is 10.8 Å². The zero-order valence-electron chi connectivity index (χ0n) is 13.3. The van der Waals surface area contributed by atoms with E-state index in [1.54, 1.807) is 5.48 Å². The van der Waals surface area contributed by atoms with Crippen LogP contribution in [0.25, 0.3) is 10.1 Å². The van der Waals surface area contributed by atoms with E-state index in [1.165, 1.54) is 22.5 Å². The highest BCUT2D eigenvalue weighted by atomic mass is 32.1. The highest BCUT2D eigenvalue weighted by Gasteiger charge is 2.09. The number of fused-ring (bicyclic) bond motifs is 1. The third kappa shape index (κ3) is 4.20. The number of nitrogens with one attached hydrogen (secondary N) is 2. The minimum absolute atomic E-state index is 0.461. The second kappa shape index (κ2) is 8.06. The molecule has 0 saturated heterocycles. The van der Waals surface area contributed by atoms with E-state index in [9.17, 15) is 4.79 Å². The van der Waals surface area contributed by atoms with E-state index in [4.69, 9.17) is 5.21 Å². The van der Waals surface area contributed by atoms with Crippen LogP contribution in [0.5, 0.6) is 0 Å². The van der Waals surface area contributed by atoms with E-state index in [-0.39, 0.29) is 0 Å². The van der Waals surface area contributed by atoms with Crippen LogP contribution in [-0.4, -0.2) is 17.7 Å². The average molecular weight is 340 g/mol. The number of carbonyl (C=O) groups is 1. The molecule has 4 nitrogen and oxygen atoms in total. The maximum Gasteiger partial charge on any atom is 0.284 e. The van der Waals surface area contributed by atoms with Gasteiger partial charge in [0.25, 0.3) is 5.91 Å². The Bertz CT molecular complexity index is 815. The highest BCUT2D eigenvalue weighted by Crippen LogP contribution is 2.26. The fourth-order valence-electron chi connectivity index (χ4n) is 2.66. The van der Waals surface area contributed by atoms with Gasteiger partial charge in [0.1, 0.15) is 0 Å². The number of hydrogen-bond acceptors (Lipinski definition) is 4. The maximum atomic E-state index is 11.5. The summed E-state index contributed by atoms with van der Waals surface area (Å²) in [4.78, 5) is 12.0. The van der Waals surface area contributed by atoms with Crippen LogP contribution in [0.3, 0.4) is 0 Å². The molecular formula is C19H20N2O2S. The largest absolute Gasteiger partial charge is 0.313 e. The van der Waals surface area contributed by atoms with Gasteiger partial charge < -0.3 is 5.32 Å². The summed E-state index contributed by atoms with van der Waals surface area (Å²) in [6.45, 7) is 1.77. The molecular weight excluding hydrogens is 320 g/mol. The highest BCUT2D eigenvalue weighted by molar-refractivity contribution is 7.20. The number of amides is 1. The maximum absolute atomic E-state index is 11.5. The van der Waals surface area contributed by atoms with E-state index in [0.717, 1.165) is 36.0 Å². The van der Waals surface area contributed by atoms with Crippen molar-refractivity contribution >= 4 is 27.3 Å². The third-order valence-electron chi connectivity index (χ3n) is 3.90. The molecule has 0 spiro atoms. The molecule has 0 radical (unpaired) electrons. The minimum atomic E-state index is -0.461. The molecule has 0 aliphatic carbocycles. The molecule has 0 fully saturated rings. The minimum Gasteiger partial charge on any atom is -0.313 e. The van der Waals surface area contributed by atoms with Crippen LogP contribution >= 0.6 is 11.3 Å². The predicted octanol–water partition coefficient (Wildman–Crippen LogP) is 3.74. The number of hydrogen-bond donors (Lipinski definition) is 3. The fraction of sp³-hybridized carbons (Fsp3) is 0.211. The summed E-state index contributed by atoms with van der Waals surface area (Å²) in [5.41, 5.74) is 4.24. The normalized spacial score (nSPS) is 10.9. The second-order valence-corrected chi connectivity index (χ2v) is 6.77. The van der Waals surface area contributed by atoms with Gasteiger partial charge in [0, 0.05) is 11.2 Å². The summed E-state index contributed by atoms with van der Waals surface area (Å²) in [5, 5.41) is 13.2. The van der Waals surface area contributed by atoms with Crippen molar-refractivity contribution < 1.29 is 10.0 Å². The van der Waals surface area contributed by atoms with Crippen LogP contribution in [-0.2, 0) is 13.0 Å². The first-order valence-corrected chi connectivity index (χ1v) is 8.79. The summed E-state index contributed by atoms with van der Waals surface area (Å²) in [7, 11) is 0. The van der Waals surface area contributed by atoms with Crippen LogP contribution in [0, 0.1) is 0 Å². The van der Waals surface area contributed by atoms with Crippen molar-refractivity contribution in [3.63, 3.8) is 0 Å². The van der Waals surface area contributed by atoms with Crippen LogP contribution in [0.2, 0.25) is 0 Å². The molecule has 0 unspecified atom stereocenters. The average Bonchev–Trinajstić information content (AvgIpc) is 3.05. The molecule has 5 heteroatoms. The molecule has 0 atom stereocenters. The van der Waals surface area contributed by atoms with Crippen molar-refractivity contribution in [1.82, 2.24) is 10.8 Å². The number of carbonyl (C=O) groups excluding carboxylic acids is 1. The molecule has 24 heavy (non-hydrogen) atoms. The number of hydroxylamine groups is 1. The van der Waals surface area contributed by atoms with Gasteiger partial charge in [-0.15, -0.1) is 11.3 Å². The van der Waals surface area contributed by atoms with Crippen LogP contribution in [0.15, 0.2) is 54.6 Å². The lowest BCUT2D eigenvalue weighted by Crippen LogP contribution is -2.16. The molecule has 0 aliphatic rings. The number of rotatable bonds is 7. The predicted molar refractivity (Wildman–Crippen MR) is 97.5 cm³/mol. The summed E-state index contributed by atoms with van der Waals surface area (Å²) in [5.74, 6) is -0.461. The van der Waals surface area contributed by atoms with Gasteiger partial charge in [0.2, 0.25) is 0 Å². The van der Waals surface area contributed by atoms with E-state index >= 15 is 0 Å². The smallest absolute Gasteiger partial charge is 0.284 e. The Labute approximate surface area is 145 Å². The van der Waals surface area contributed by atoms with Crippen molar-refractivity contribution in [2.75, 3.05) is 6.54 Å². The van der Waals surface area contributed by atoms with Gasteiger partial charge in [-0.25, -0.2) is 5.48 Å². The van der Waals surface area contributed by atoms with E-state index < -0.39 is 5.91 Å². The molecule has 3 rings (SSSR count). The van der Waals surface area contributed by atoms with Crippen molar-refractivity contribution in [3.05, 3.63) is 70.6 Å². The summed E-state index contributed by atoms with van der Waals surface area (Å²) in [6, 6.07) is 18.5. The van der Waals surface area contributed by atoms with Crippen molar-refractivity contribution in [2.24, 2.45) is 0 Å². The Kier molecular flexibility index (Phi) is 5.59. The standard InChI is InChI=1S/C19H20N2O2S/c22-19(21-23)18-12-16-11-15(8-9-17(16)24-18)13-20-10-4-7-14-5-2-1-3-6-14/h1-3,5-6,8-9,11-12,20,23H,4,7,10,13H2,(H,21,22). The molecule has 0 saturated carbocycles. The van der Waals surface area contributed by atoms with Crippen molar-refractivity contribution in [3.8, 4) is 0 Å². The molecule has 1 amide bonds. The summed E-state index contributed by atoms with van der Waals surface area (Å²) in [6.07, 6.45) is 2.18. The summed E-state index contributed by atoms with van der Waals surface area (Å²) >= 11 is 1.38. The van der Waals surface area contributed by atoms with Gasteiger partial charge in [-0.1, -0.05) is 36.4 Å². The Morgan fingerprint density at radius 3 is 2.67 bits per heavy atom. The first-order chi connectivity index (χ1) is 11.8. The molecule has 3 aromatic rings. The van der Waals surface area contributed by atoms with Crippen LogP contribution in [0.4, 0.5) is 0 Å². The fourth-order valence-corrected chi connectivity index (χ4v) is 3.60. The van der Waals surface area contributed by atoms with Crippen molar-refractivity contribution in [2.45, 2.75) is 19.4 Å². The lowest BCUT2D eigenvalue weighted by Gasteiger charge is -2.05. The molecule has 124 valence electrons. The Hall–Kier alpha value is -2.21. The summed E-state index contributed by atoms with van der Waals surface area (Å²) < 4.78 is 1.04.